The number of ether oxygens (including phenoxy) is 1. The smallest absolute Gasteiger partial charge is 0.305 e. The fourth-order valence-corrected chi connectivity index (χ4v) is 5.23. The zero-order valence-corrected chi connectivity index (χ0v) is 18.4. The molecule has 0 radical (unpaired) electrons. The van der Waals surface area contributed by atoms with E-state index in [0.717, 1.165) is 36.5 Å². The first kappa shape index (κ1) is 23.9. The molecule has 0 aromatic carbocycles. The van der Waals surface area contributed by atoms with Gasteiger partial charge in [-0.2, -0.15) is 5.26 Å². The number of nitriles is 1. The third-order valence-electron chi connectivity index (χ3n) is 5.71. The molecule has 2 rings (SSSR count). The van der Waals surface area contributed by atoms with E-state index in [1.807, 2.05) is 6.08 Å². The lowest BCUT2D eigenvalue weighted by Gasteiger charge is -2.20. The summed E-state index contributed by atoms with van der Waals surface area (Å²) >= 11 is 1.59. The first-order valence-corrected chi connectivity index (χ1v) is 11.8. The minimum Gasteiger partial charge on any atom is -0.466 e. The Morgan fingerprint density at radius 1 is 1.45 bits per heavy atom. The molecule has 0 aromatic rings. The second kappa shape index (κ2) is 11.7. The van der Waals surface area contributed by atoms with E-state index in [2.05, 4.69) is 18.0 Å². The van der Waals surface area contributed by atoms with Crippen molar-refractivity contribution in [1.82, 2.24) is 0 Å². The number of unbranched alkanes of at least 4 members (excludes halogenated alkanes) is 2. The molecular formula is C22H34N2O4S. The van der Waals surface area contributed by atoms with Gasteiger partial charge in [-0.3, -0.25) is 9.79 Å². The van der Waals surface area contributed by atoms with Crippen molar-refractivity contribution >= 4 is 22.8 Å². The van der Waals surface area contributed by atoms with Gasteiger partial charge in [-0.05, 0) is 25.5 Å². The van der Waals surface area contributed by atoms with E-state index >= 15 is 0 Å². The Morgan fingerprint density at radius 2 is 2.24 bits per heavy atom. The van der Waals surface area contributed by atoms with Crippen LogP contribution in [0, 0.1) is 23.2 Å². The van der Waals surface area contributed by atoms with Crippen LogP contribution in [0.5, 0.6) is 0 Å². The largest absolute Gasteiger partial charge is 0.466 e. The quantitative estimate of drug-likeness (QED) is 0.299. The van der Waals surface area contributed by atoms with Crippen molar-refractivity contribution in [1.29, 1.82) is 5.26 Å². The molecule has 1 aliphatic carbocycles. The summed E-state index contributed by atoms with van der Waals surface area (Å²) in [7, 11) is 0. The summed E-state index contributed by atoms with van der Waals surface area (Å²) in [5.41, 5.74) is -0.870. The second-order valence-corrected chi connectivity index (χ2v) is 9.07. The van der Waals surface area contributed by atoms with Gasteiger partial charge in [-0.1, -0.05) is 38.3 Å². The summed E-state index contributed by atoms with van der Waals surface area (Å²) in [5, 5.41) is 31.4. The third-order valence-corrected chi connectivity index (χ3v) is 6.80. The Labute approximate surface area is 178 Å². The number of hydrogen-bond donors (Lipinski definition) is 2. The molecular weight excluding hydrogens is 388 g/mol. The zero-order valence-electron chi connectivity index (χ0n) is 17.5. The van der Waals surface area contributed by atoms with Gasteiger partial charge in [0.15, 0.2) is 5.54 Å². The van der Waals surface area contributed by atoms with Crippen LogP contribution in [0.3, 0.4) is 0 Å². The highest BCUT2D eigenvalue weighted by molar-refractivity contribution is 8.13. The van der Waals surface area contributed by atoms with Crippen molar-refractivity contribution in [3.8, 4) is 6.07 Å². The van der Waals surface area contributed by atoms with E-state index in [1.54, 1.807) is 24.8 Å². The molecule has 0 saturated heterocycles. The minimum absolute atomic E-state index is 0.0610. The highest BCUT2D eigenvalue weighted by Crippen LogP contribution is 2.50. The Bertz CT molecular complexity index is 645. The second-order valence-electron chi connectivity index (χ2n) is 7.91. The van der Waals surface area contributed by atoms with E-state index in [0.29, 0.717) is 32.3 Å². The molecule has 0 amide bonds. The van der Waals surface area contributed by atoms with Gasteiger partial charge in [0.2, 0.25) is 0 Å². The molecule has 2 N–H and O–H groups in total. The van der Waals surface area contributed by atoms with Gasteiger partial charge >= 0.3 is 5.97 Å². The van der Waals surface area contributed by atoms with Crippen LogP contribution >= 0.6 is 11.8 Å². The molecule has 0 aromatic heterocycles. The summed E-state index contributed by atoms with van der Waals surface area (Å²) in [6, 6.07) is 2.35. The predicted molar refractivity (Wildman–Crippen MR) is 116 cm³/mol. The summed E-state index contributed by atoms with van der Waals surface area (Å²) in [6.07, 6.45) is 8.57. The maximum absolute atomic E-state index is 11.4. The van der Waals surface area contributed by atoms with Gasteiger partial charge in [0.25, 0.3) is 0 Å². The molecule has 6 nitrogen and oxygen atoms in total. The van der Waals surface area contributed by atoms with Crippen LogP contribution in [-0.4, -0.2) is 51.3 Å². The van der Waals surface area contributed by atoms with Crippen molar-refractivity contribution in [2.45, 2.75) is 83.0 Å². The lowest BCUT2D eigenvalue weighted by atomic mass is 9.84. The van der Waals surface area contributed by atoms with Crippen LogP contribution in [0.25, 0.3) is 0 Å². The number of esters is 1. The maximum atomic E-state index is 11.4. The highest BCUT2D eigenvalue weighted by Gasteiger charge is 2.56. The van der Waals surface area contributed by atoms with Crippen LogP contribution < -0.4 is 0 Å². The SMILES string of the molecule is CCCCC[C@H](O)C=CC1C(O)CC2(C#N)N=C(SCCCC(=O)OCC)CC12. The summed E-state index contributed by atoms with van der Waals surface area (Å²) < 4.78 is 4.93. The molecule has 1 aliphatic heterocycles. The highest BCUT2D eigenvalue weighted by atomic mass is 32.2. The standard InChI is InChI=1S/C22H34N2O4S/c1-3-5-6-8-16(25)10-11-17-18-13-20(24-22(18,15-23)14-19(17)26)29-12-7-9-21(27)28-4-2/h10-11,16-19,25-26H,3-9,12-14H2,1-2H3/t16-,17?,18?,19?,22?/m0/s1. The molecule has 7 heteroatoms. The summed E-state index contributed by atoms with van der Waals surface area (Å²) in [6.45, 7) is 4.32. The fourth-order valence-electron chi connectivity index (χ4n) is 4.19. The lowest BCUT2D eigenvalue weighted by molar-refractivity contribution is -0.143. The van der Waals surface area contributed by atoms with Crippen LogP contribution in [0.4, 0.5) is 0 Å². The zero-order chi connectivity index (χ0) is 21.3. The van der Waals surface area contributed by atoms with Crippen molar-refractivity contribution in [3.63, 3.8) is 0 Å². The minimum atomic E-state index is -0.870. The van der Waals surface area contributed by atoms with Gasteiger partial charge in [0.1, 0.15) is 0 Å². The van der Waals surface area contributed by atoms with Gasteiger partial charge < -0.3 is 14.9 Å². The molecule has 1 fully saturated rings. The monoisotopic (exact) mass is 422 g/mol. The number of rotatable bonds is 11. The normalized spacial score (nSPS) is 29.5. The number of aliphatic hydroxyl groups is 2. The number of aliphatic imine (C=N–C) groups is 1. The average molecular weight is 423 g/mol. The van der Waals surface area contributed by atoms with Crippen LogP contribution in [-0.2, 0) is 9.53 Å². The number of aliphatic hydroxyl groups excluding tert-OH is 2. The van der Waals surface area contributed by atoms with Crippen LogP contribution in [0.1, 0.15) is 65.2 Å². The number of fused-ring (bicyclic) bond motifs is 1. The first-order chi connectivity index (χ1) is 14.0. The van der Waals surface area contributed by atoms with E-state index in [1.165, 1.54) is 0 Å². The maximum Gasteiger partial charge on any atom is 0.305 e. The fraction of sp³-hybridized carbons (Fsp3) is 0.773. The lowest BCUT2D eigenvalue weighted by Crippen LogP contribution is -2.27. The van der Waals surface area contributed by atoms with Gasteiger partial charge in [-0.25, -0.2) is 0 Å². The Balaban J connectivity index is 1.90. The van der Waals surface area contributed by atoms with Gasteiger partial charge in [0.05, 0.1) is 29.9 Å². The molecule has 29 heavy (non-hydrogen) atoms. The summed E-state index contributed by atoms with van der Waals surface area (Å²) in [4.78, 5) is 16.1. The molecule has 1 saturated carbocycles. The van der Waals surface area contributed by atoms with E-state index in [-0.39, 0.29) is 17.8 Å². The van der Waals surface area contributed by atoms with Crippen molar-refractivity contribution in [2.75, 3.05) is 12.4 Å². The molecule has 162 valence electrons. The average Bonchev–Trinajstić information content (AvgIpc) is 3.16. The Hall–Kier alpha value is -1.36. The number of nitrogens with zero attached hydrogens (tertiary/aromatic N) is 2. The molecule has 0 bridgehead atoms. The number of carbonyl (C=O) groups is 1. The number of thioether (sulfide) groups is 1. The molecule has 5 atom stereocenters. The van der Waals surface area contributed by atoms with Crippen LogP contribution in [0.15, 0.2) is 17.1 Å². The van der Waals surface area contributed by atoms with Gasteiger partial charge in [-0.15, -0.1) is 11.8 Å². The molecule has 2 aliphatic rings. The summed E-state index contributed by atoms with van der Waals surface area (Å²) in [5.74, 6) is 0.342. The Morgan fingerprint density at radius 3 is 2.93 bits per heavy atom. The van der Waals surface area contributed by atoms with Gasteiger partial charge in [0, 0.05) is 31.1 Å². The van der Waals surface area contributed by atoms with E-state index in [4.69, 9.17) is 4.74 Å². The van der Waals surface area contributed by atoms with Crippen LogP contribution in [0.2, 0.25) is 0 Å². The first-order valence-electron chi connectivity index (χ1n) is 10.8. The van der Waals surface area contributed by atoms with Crippen molar-refractivity contribution in [2.24, 2.45) is 16.8 Å². The van der Waals surface area contributed by atoms with Crippen molar-refractivity contribution < 1.29 is 19.7 Å². The molecule has 1 heterocycles. The number of carbonyl (C=O) groups excluding carboxylic acids is 1. The third kappa shape index (κ3) is 6.56. The van der Waals surface area contributed by atoms with E-state index in [9.17, 15) is 20.3 Å². The number of hydrogen-bond acceptors (Lipinski definition) is 7. The predicted octanol–water partition coefficient (Wildman–Crippen LogP) is 3.62. The topological polar surface area (TPSA) is 103 Å². The molecule has 0 spiro atoms. The Kier molecular flexibility index (Phi) is 9.67. The van der Waals surface area contributed by atoms with E-state index < -0.39 is 17.7 Å². The molecule has 4 unspecified atom stereocenters. The van der Waals surface area contributed by atoms with Crippen molar-refractivity contribution in [3.05, 3.63) is 12.2 Å².